The van der Waals surface area contributed by atoms with E-state index >= 15 is 0 Å². The van der Waals surface area contributed by atoms with Crippen molar-refractivity contribution in [3.8, 4) is 0 Å². The zero-order valence-corrected chi connectivity index (χ0v) is 11.3. The van der Waals surface area contributed by atoms with Crippen LogP contribution in [0.1, 0.15) is 47.7 Å². The standard InChI is InChI=1S/C14H15N3O3/c1-3-8(4-2)14(20)17-9-7-10(18)11-12(13(9)19)16-6-5-15-11/h5-8H,3-4H2,1-2H3,(H,17,20). The third-order valence-electron chi connectivity index (χ3n) is 3.28. The Hall–Kier alpha value is -2.37. The summed E-state index contributed by atoms with van der Waals surface area (Å²) in [6.07, 6.45) is 5.16. The van der Waals surface area contributed by atoms with Crippen LogP contribution in [-0.4, -0.2) is 27.4 Å². The van der Waals surface area contributed by atoms with Crippen LogP contribution >= 0.6 is 0 Å². The lowest BCUT2D eigenvalue weighted by atomic mass is 9.99. The van der Waals surface area contributed by atoms with Crippen LogP contribution in [0.25, 0.3) is 0 Å². The number of aromatic nitrogens is 2. The van der Waals surface area contributed by atoms with Gasteiger partial charge in [0.25, 0.3) is 0 Å². The van der Waals surface area contributed by atoms with Crippen molar-refractivity contribution in [2.45, 2.75) is 26.7 Å². The Kier molecular flexibility index (Phi) is 4.02. The molecule has 1 amide bonds. The van der Waals surface area contributed by atoms with Crippen LogP contribution in [0.2, 0.25) is 0 Å². The summed E-state index contributed by atoms with van der Waals surface area (Å²) in [7, 11) is 0. The van der Waals surface area contributed by atoms with Crippen molar-refractivity contribution in [1.82, 2.24) is 15.3 Å². The van der Waals surface area contributed by atoms with Crippen LogP contribution in [0.5, 0.6) is 0 Å². The highest BCUT2D eigenvalue weighted by Gasteiger charge is 2.29. The molecule has 104 valence electrons. The van der Waals surface area contributed by atoms with Gasteiger partial charge in [0.15, 0.2) is 0 Å². The highest BCUT2D eigenvalue weighted by Crippen LogP contribution is 2.17. The smallest absolute Gasteiger partial charge is 0.230 e. The molecule has 0 saturated carbocycles. The van der Waals surface area contributed by atoms with Crippen LogP contribution in [-0.2, 0) is 4.79 Å². The first-order valence-corrected chi connectivity index (χ1v) is 6.51. The highest BCUT2D eigenvalue weighted by atomic mass is 16.2. The van der Waals surface area contributed by atoms with E-state index in [2.05, 4.69) is 15.3 Å². The predicted octanol–water partition coefficient (Wildman–Crippen LogP) is 1.29. The third kappa shape index (κ3) is 2.49. The summed E-state index contributed by atoms with van der Waals surface area (Å²) in [5.41, 5.74) is -0.0159. The second-order valence-corrected chi connectivity index (χ2v) is 4.51. The number of hydrogen-bond donors (Lipinski definition) is 1. The molecule has 1 aromatic rings. The summed E-state index contributed by atoms with van der Waals surface area (Å²) in [4.78, 5) is 43.7. The van der Waals surface area contributed by atoms with Crippen LogP contribution in [0, 0.1) is 5.92 Å². The number of nitrogens with one attached hydrogen (secondary N) is 1. The molecule has 20 heavy (non-hydrogen) atoms. The van der Waals surface area contributed by atoms with E-state index in [-0.39, 0.29) is 28.9 Å². The molecule has 0 aliphatic heterocycles. The number of ketones is 2. The van der Waals surface area contributed by atoms with E-state index in [9.17, 15) is 14.4 Å². The van der Waals surface area contributed by atoms with Gasteiger partial charge in [0.2, 0.25) is 17.5 Å². The second kappa shape index (κ2) is 5.73. The Morgan fingerprint density at radius 3 is 2.35 bits per heavy atom. The van der Waals surface area contributed by atoms with Crippen LogP contribution in [0.4, 0.5) is 0 Å². The van der Waals surface area contributed by atoms with Crippen molar-refractivity contribution in [3.05, 3.63) is 35.6 Å². The summed E-state index contributed by atoms with van der Waals surface area (Å²) >= 11 is 0. The van der Waals surface area contributed by atoms with Gasteiger partial charge >= 0.3 is 0 Å². The highest BCUT2D eigenvalue weighted by molar-refractivity contribution is 6.23. The first-order chi connectivity index (χ1) is 9.58. The van der Waals surface area contributed by atoms with E-state index in [4.69, 9.17) is 0 Å². The Morgan fingerprint density at radius 2 is 1.75 bits per heavy atom. The average molecular weight is 273 g/mol. The molecule has 0 saturated heterocycles. The van der Waals surface area contributed by atoms with Gasteiger partial charge in [-0.1, -0.05) is 13.8 Å². The number of fused-ring (bicyclic) bond motifs is 1. The molecule has 6 heteroatoms. The van der Waals surface area contributed by atoms with E-state index < -0.39 is 11.6 Å². The van der Waals surface area contributed by atoms with Gasteiger partial charge in [0.05, 0.1) is 5.70 Å². The van der Waals surface area contributed by atoms with E-state index in [1.165, 1.54) is 12.4 Å². The van der Waals surface area contributed by atoms with Gasteiger partial charge in [-0.3, -0.25) is 14.4 Å². The number of carbonyl (C=O) groups is 3. The number of allylic oxidation sites excluding steroid dienone is 2. The summed E-state index contributed by atoms with van der Waals surface area (Å²) in [5, 5.41) is 2.53. The number of hydrogen-bond acceptors (Lipinski definition) is 5. The van der Waals surface area contributed by atoms with Crippen molar-refractivity contribution in [2.75, 3.05) is 0 Å². The van der Waals surface area contributed by atoms with Gasteiger partial charge in [-0.05, 0) is 12.8 Å². The molecule has 1 aliphatic carbocycles. The first-order valence-electron chi connectivity index (χ1n) is 6.51. The van der Waals surface area contributed by atoms with Gasteiger partial charge < -0.3 is 5.32 Å². The van der Waals surface area contributed by atoms with E-state index in [0.717, 1.165) is 6.08 Å². The van der Waals surface area contributed by atoms with Gasteiger partial charge in [0, 0.05) is 24.4 Å². The zero-order chi connectivity index (χ0) is 14.7. The van der Waals surface area contributed by atoms with Crippen LogP contribution < -0.4 is 5.32 Å². The van der Waals surface area contributed by atoms with Crippen molar-refractivity contribution >= 4 is 17.5 Å². The van der Waals surface area contributed by atoms with E-state index in [0.29, 0.717) is 12.8 Å². The molecule has 2 rings (SSSR count). The Balaban J connectivity index is 2.25. The molecule has 0 atom stereocenters. The quantitative estimate of drug-likeness (QED) is 0.893. The SMILES string of the molecule is CCC(CC)C(=O)NC1=CC(=O)c2nccnc2C1=O. The van der Waals surface area contributed by atoms with Crippen LogP contribution in [0.15, 0.2) is 24.2 Å². The molecule has 1 aromatic heterocycles. The minimum atomic E-state index is -0.480. The molecular formula is C14H15N3O3. The lowest BCUT2D eigenvalue weighted by Gasteiger charge is -2.17. The molecule has 1 aliphatic rings. The average Bonchev–Trinajstić information content (AvgIpc) is 2.46. The van der Waals surface area contributed by atoms with Gasteiger partial charge in [-0.2, -0.15) is 0 Å². The molecule has 0 aromatic carbocycles. The lowest BCUT2D eigenvalue weighted by molar-refractivity contribution is -0.124. The number of rotatable bonds is 4. The minimum Gasteiger partial charge on any atom is -0.322 e. The van der Waals surface area contributed by atoms with E-state index in [1.807, 2.05) is 13.8 Å². The number of Topliss-reactive ketones (excluding diaryl/α,β-unsaturated/α-hetero) is 1. The fraction of sp³-hybridized carbons (Fsp3) is 0.357. The second-order valence-electron chi connectivity index (χ2n) is 4.51. The number of amides is 1. The Labute approximate surface area is 116 Å². The molecule has 0 spiro atoms. The lowest BCUT2D eigenvalue weighted by Crippen LogP contribution is -2.35. The number of nitrogens with zero attached hydrogens (tertiary/aromatic N) is 2. The molecule has 0 bridgehead atoms. The van der Waals surface area contributed by atoms with Gasteiger partial charge in [0.1, 0.15) is 11.4 Å². The molecule has 6 nitrogen and oxygen atoms in total. The van der Waals surface area contributed by atoms with Gasteiger partial charge in [-0.15, -0.1) is 0 Å². The summed E-state index contributed by atoms with van der Waals surface area (Å²) in [6.45, 7) is 3.80. The van der Waals surface area contributed by atoms with Crippen molar-refractivity contribution in [3.63, 3.8) is 0 Å². The van der Waals surface area contributed by atoms with E-state index in [1.54, 1.807) is 0 Å². The van der Waals surface area contributed by atoms with Gasteiger partial charge in [-0.25, -0.2) is 9.97 Å². The van der Waals surface area contributed by atoms with Crippen molar-refractivity contribution in [2.24, 2.45) is 5.92 Å². The fourth-order valence-electron chi connectivity index (χ4n) is 2.06. The molecule has 0 fully saturated rings. The normalized spacial score (nSPS) is 14.1. The maximum atomic E-state index is 12.2. The maximum Gasteiger partial charge on any atom is 0.230 e. The van der Waals surface area contributed by atoms with Crippen molar-refractivity contribution in [1.29, 1.82) is 0 Å². The maximum absolute atomic E-state index is 12.2. The predicted molar refractivity (Wildman–Crippen MR) is 71.0 cm³/mol. The Bertz CT molecular complexity index is 603. The van der Waals surface area contributed by atoms with Crippen molar-refractivity contribution < 1.29 is 14.4 Å². The topological polar surface area (TPSA) is 89.0 Å². The number of carbonyl (C=O) groups excluding carboxylic acids is 3. The molecule has 1 heterocycles. The largest absolute Gasteiger partial charge is 0.322 e. The summed E-state index contributed by atoms with van der Waals surface area (Å²) in [6, 6.07) is 0. The molecule has 0 unspecified atom stereocenters. The first kappa shape index (κ1) is 14.0. The monoisotopic (exact) mass is 273 g/mol. The van der Waals surface area contributed by atoms with Crippen LogP contribution in [0.3, 0.4) is 0 Å². The summed E-state index contributed by atoms with van der Waals surface area (Å²) in [5.74, 6) is -1.34. The minimum absolute atomic E-state index is 0.0140. The molecule has 0 radical (unpaired) electrons. The molecule has 1 N–H and O–H groups in total. The fourth-order valence-corrected chi connectivity index (χ4v) is 2.06. The third-order valence-corrected chi connectivity index (χ3v) is 3.28. The summed E-state index contributed by atoms with van der Waals surface area (Å²) < 4.78 is 0. The Morgan fingerprint density at radius 1 is 1.15 bits per heavy atom. The molecular weight excluding hydrogens is 258 g/mol. The zero-order valence-electron chi connectivity index (χ0n) is 11.3.